The third-order valence-electron chi connectivity index (χ3n) is 0.782. The fourth-order valence-corrected chi connectivity index (χ4v) is 0.409. The van der Waals surface area contributed by atoms with Crippen molar-refractivity contribution in [3.8, 4) is 0 Å². The third kappa shape index (κ3) is 4.24. The van der Waals surface area contributed by atoms with Gasteiger partial charge in [-0.15, -0.1) is 0 Å². The molecule has 0 atom stereocenters. The SMILES string of the molecule is CC(C)=C(Br)/C=C\NO. The average Bonchev–Trinajstić information content (AvgIpc) is 1.82. The second-order valence-electron chi connectivity index (χ2n) is 1.81. The molecule has 0 unspecified atom stereocenters. The molecule has 0 bridgehead atoms. The Balaban J connectivity index is 3.91. The Morgan fingerprint density at radius 3 is 2.44 bits per heavy atom. The zero-order valence-corrected chi connectivity index (χ0v) is 7.07. The summed E-state index contributed by atoms with van der Waals surface area (Å²) in [4.78, 5) is 0. The van der Waals surface area contributed by atoms with Crippen LogP contribution in [-0.2, 0) is 0 Å². The number of hydroxylamine groups is 1. The Kier molecular flexibility index (Phi) is 4.44. The maximum Gasteiger partial charge on any atom is 0.0251 e. The highest BCUT2D eigenvalue weighted by molar-refractivity contribution is 9.11. The average molecular weight is 192 g/mol. The topological polar surface area (TPSA) is 32.3 Å². The van der Waals surface area contributed by atoms with Gasteiger partial charge in [0.1, 0.15) is 0 Å². The van der Waals surface area contributed by atoms with Crippen molar-refractivity contribution in [3.05, 3.63) is 22.3 Å². The molecule has 3 heteroatoms. The van der Waals surface area contributed by atoms with Crippen LogP contribution in [-0.4, -0.2) is 5.21 Å². The number of hydrogen-bond donors (Lipinski definition) is 2. The number of rotatable bonds is 2. The Morgan fingerprint density at radius 2 is 2.11 bits per heavy atom. The third-order valence-corrected chi connectivity index (χ3v) is 1.84. The quantitative estimate of drug-likeness (QED) is 0.519. The van der Waals surface area contributed by atoms with E-state index in [1.54, 1.807) is 6.08 Å². The van der Waals surface area contributed by atoms with Crippen LogP contribution in [0.4, 0.5) is 0 Å². The van der Waals surface area contributed by atoms with Crippen LogP contribution < -0.4 is 5.48 Å². The molecule has 0 saturated carbocycles. The van der Waals surface area contributed by atoms with E-state index in [9.17, 15) is 0 Å². The predicted octanol–water partition coefficient (Wildman–Crippen LogP) is 2.17. The van der Waals surface area contributed by atoms with Gasteiger partial charge in [0.25, 0.3) is 0 Å². The molecule has 0 aromatic rings. The lowest BCUT2D eigenvalue weighted by Gasteiger charge is -1.91. The van der Waals surface area contributed by atoms with Gasteiger partial charge in [0.2, 0.25) is 0 Å². The Labute approximate surface area is 63.4 Å². The van der Waals surface area contributed by atoms with Gasteiger partial charge in [-0.25, -0.2) is 0 Å². The molecule has 0 rings (SSSR count). The lowest BCUT2D eigenvalue weighted by Crippen LogP contribution is -1.92. The van der Waals surface area contributed by atoms with Crippen LogP contribution in [0.25, 0.3) is 0 Å². The molecule has 0 spiro atoms. The van der Waals surface area contributed by atoms with Gasteiger partial charge in [-0.2, -0.15) is 0 Å². The summed E-state index contributed by atoms with van der Waals surface area (Å²) in [5, 5.41) is 8.12. The minimum atomic E-state index is 0.976. The predicted molar refractivity (Wildman–Crippen MR) is 41.4 cm³/mol. The first-order valence-electron chi connectivity index (χ1n) is 2.57. The van der Waals surface area contributed by atoms with E-state index < -0.39 is 0 Å². The van der Waals surface area contributed by atoms with Gasteiger partial charge in [-0.1, -0.05) is 21.5 Å². The molecular weight excluding hydrogens is 182 g/mol. The highest BCUT2D eigenvalue weighted by Gasteiger charge is 1.84. The van der Waals surface area contributed by atoms with Crippen molar-refractivity contribution < 1.29 is 5.21 Å². The summed E-state index contributed by atoms with van der Waals surface area (Å²) >= 11 is 3.28. The molecule has 0 radical (unpaired) electrons. The zero-order chi connectivity index (χ0) is 7.28. The molecule has 2 nitrogen and oxygen atoms in total. The molecule has 0 fully saturated rings. The van der Waals surface area contributed by atoms with Gasteiger partial charge >= 0.3 is 0 Å². The molecule has 0 amide bonds. The molecule has 0 aromatic heterocycles. The molecular formula is C6H10BrNO. The Hall–Kier alpha value is -0.280. The van der Waals surface area contributed by atoms with E-state index in [1.807, 2.05) is 19.3 Å². The summed E-state index contributed by atoms with van der Waals surface area (Å²) in [5.74, 6) is 0. The molecule has 52 valence electrons. The van der Waals surface area contributed by atoms with Crippen molar-refractivity contribution in [1.29, 1.82) is 0 Å². The minimum absolute atomic E-state index is 0.976. The van der Waals surface area contributed by atoms with Crippen LogP contribution in [0.3, 0.4) is 0 Å². The van der Waals surface area contributed by atoms with E-state index in [4.69, 9.17) is 5.21 Å². The van der Waals surface area contributed by atoms with Crippen LogP contribution in [0.5, 0.6) is 0 Å². The van der Waals surface area contributed by atoms with Crippen LogP contribution in [0.1, 0.15) is 13.8 Å². The van der Waals surface area contributed by atoms with Crippen molar-refractivity contribution in [1.82, 2.24) is 5.48 Å². The summed E-state index contributed by atoms with van der Waals surface area (Å²) in [5.41, 5.74) is 3.08. The van der Waals surface area contributed by atoms with Gasteiger partial charge in [-0.05, 0) is 19.9 Å². The van der Waals surface area contributed by atoms with Gasteiger partial charge in [-0.3, -0.25) is 10.7 Å². The van der Waals surface area contributed by atoms with Crippen molar-refractivity contribution in [2.75, 3.05) is 0 Å². The van der Waals surface area contributed by atoms with Crippen LogP contribution in [0.15, 0.2) is 22.3 Å². The standard InChI is InChI=1S/C6H10BrNO/c1-5(2)6(7)3-4-8-9/h3-4,8-9H,1-2H3/b4-3-. The second-order valence-corrected chi connectivity index (χ2v) is 2.66. The second kappa shape index (κ2) is 4.58. The van der Waals surface area contributed by atoms with E-state index >= 15 is 0 Å². The first-order valence-corrected chi connectivity index (χ1v) is 3.37. The molecule has 0 aliphatic heterocycles. The first-order chi connectivity index (χ1) is 4.18. The molecule has 0 aromatic carbocycles. The lowest BCUT2D eigenvalue weighted by molar-refractivity contribution is 0.214. The Morgan fingerprint density at radius 1 is 1.56 bits per heavy atom. The van der Waals surface area contributed by atoms with E-state index in [2.05, 4.69) is 15.9 Å². The highest BCUT2D eigenvalue weighted by atomic mass is 79.9. The van der Waals surface area contributed by atoms with Crippen molar-refractivity contribution in [2.24, 2.45) is 0 Å². The van der Waals surface area contributed by atoms with Crippen LogP contribution in [0.2, 0.25) is 0 Å². The fourth-order valence-electron chi connectivity index (χ4n) is 0.277. The maximum atomic E-state index is 8.12. The molecule has 0 aliphatic rings. The van der Waals surface area contributed by atoms with Gasteiger partial charge in [0, 0.05) is 10.7 Å². The van der Waals surface area contributed by atoms with Crippen molar-refractivity contribution in [3.63, 3.8) is 0 Å². The molecule has 0 saturated heterocycles. The summed E-state index contributed by atoms with van der Waals surface area (Å²) in [6, 6.07) is 0. The van der Waals surface area contributed by atoms with Gasteiger partial charge < -0.3 is 0 Å². The largest absolute Gasteiger partial charge is 0.292 e. The zero-order valence-electron chi connectivity index (χ0n) is 5.48. The summed E-state index contributed by atoms with van der Waals surface area (Å²) in [6.07, 6.45) is 3.17. The minimum Gasteiger partial charge on any atom is -0.292 e. The molecule has 9 heavy (non-hydrogen) atoms. The van der Waals surface area contributed by atoms with Gasteiger partial charge in [0.05, 0.1) is 0 Å². The molecule has 0 heterocycles. The first kappa shape index (κ1) is 8.72. The van der Waals surface area contributed by atoms with Crippen molar-refractivity contribution in [2.45, 2.75) is 13.8 Å². The molecule has 2 N–H and O–H groups in total. The van der Waals surface area contributed by atoms with Crippen LogP contribution >= 0.6 is 15.9 Å². The summed E-state index contributed by atoms with van der Waals surface area (Å²) < 4.78 is 0.976. The number of allylic oxidation sites excluding steroid dienone is 3. The van der Waals surface area contributed by atoms with Gasteiger partial charge in [0.15, 0.2) is 0 Å². The van der Waals surface area contributed by atoms with E-state index in [0.29, 0.717) is 0 Å². The fraction of sp³-hybridized carbons (Fsp3) is 0.333. The van der Waals surface area contributed by atoms with Crippen molar-refractivity contribution >= 4 is 15.9 Å². The van der Waals surface area contributed by atoms with E-state index in [-0.39, 0.29) is 0 Å². The number of nitrogens with one attached hydrogen (secondary N) is 1. The lowest BCUT2D eigenvalue weighted by atomic mass is 10.3. The summed E-state index contributed by atoms with van der Waals surface area (Å²) in [7, 11) is 0. The maximum absolute atomic E-state index is 8.12. The van der Waals surface area contributed by atoms with Crippen LogP contribution in [0, 0.1) is 0 Å². The van der Waals surface area contributed by atoms with E-state index in [0.717, 1.165) is 4.48 Å². The molecule has 0 aliphatic carbocycles. The van der Waals surface area contributed by atoms with E-state index in [1.165, 1.54) is 11.8 Å². The number of halogens is 1. The Bertz CT molecular complexity index is 136. The summed E-state index contributed by atoms with van der Waals surface area (Å²) in [6.45, 7) is 3.96. The smallest absolute Gasteiger partial charge is 0.0251 e. The normalized spacial score (nSPS) is 9.78. The monoisotopic (exact) mass is 191 g/mol. The number of hydrogen-bond acceptors (Lipinski definition) is 2. The highest BCUT2D eigenvalue weighted by Crippen LogP contribution is 2.11.